The average molecular weight is 380 g/mol. The van der Waals surface area contributed by atoms with E-state index in [0.29, 0.717) is 23.7 Å². The van der Waals surface area contributed by atoms with Crippen LogP contribution in [0.3, 0.4) is 0 Å². The summed E-state index contributed by atoms with van der Waals surface area (Å²) in [5.41, 5.74) is 4.62. The van der Waals surface area contributed by atoms with Crippen LogP contribution in [0.1, 0.15) is 16.8 Å². The molecule has 3 rings (SSSR count). The van der Waals surface area contributed by atoms with E-state index >= 15 is 0 Å². The second-order valence-electron chi connectivity index (χ2n) is 5.69. The Labute approximate surface area is 162 Å². The van der Waals surface area contributed by atoms with Crippen molar-refractivity contribution >= 4 is 17.6 Å². The van der Waals surface area contributed by atoms with Gasteiger partial charge in [-0.2, -0.15) is 0 Å². The Bertz CT molecular complexity index is 932. The van der Waals surface area contributed by atoms with Crippen LogP contribution in [0.25, 0.3) is 0 Å². The highest BCUT2D eigenvalue weighted by Crippen LogP contribution is 2.28. The quantitative estimate of drug-likeness (QED) is 0.288. The topological polar surface area (TPSA) is 79.6 Å². The summed E-state index contributed by atoms with van der Waals surface area (Å²) >= 11 is 1.69. The predicted molar refractivity (Wildman–Crippen MR) is 107 cm³/mol. The fourth-order valence-electron chi connectivity index (χ4n) is 2.51. The van der Waals surface area contributed by atoms with Crippen LogP contribution in [0.15, 0.2) is 70.8 Å². The molecule has 0 amide bonds. The fraction of sp³-hybridized carbons (Fsp3) is 0.150. The van der Waals surface area contributed by atoms with Crippen molar-refractivity contribution in [3.63, 3.8) is 0 Å². The standard InChI is InChI=1S/C20H20N4O2S/c1-14-12-16(8-9-18(14)27-2)26-20-17(7-5-11-22-20)19(24-25)23-13-15-6-3-4-10-21-15/h3-12,25H,13H2,1-2H3,(H,23,24). The van der Waals surface area contributed by atoms with E-state index in [1.54, 1.807) is 36.3 Å². The molecule has 7 heteroatoms. The Morgan fingerprint density at radius 1 is 1.15 bits per heavy atom. The van der Waals surface area contributed by atoms with Gasteiger partial charge in [-0.25, -0.2) is 4.98 Å². The second-order valence-corrected chi connectivity index (χ2v) is 6.54. The zero-order valence-electron chi connectivity index (χ0n) is 15.1. The zero-order chi connectivity index (χ0) is 19.1. The van der Waals surface area contributed by atoms with E-state index < -0.39 is 0 Å². The van der Waals surface area contributed by atoms with Crippen molar-refractivity contribution in [3.05, 3.63) is 77.7 Å². The third kappa shape index (κ3) is 4.84. The number of amidine groups is 1. The molecule has 0 aliphatic carbocycles. The molecule has 0 radical (unpaired) electrons. The number of aliphatic imine (C=N–C) groups is 1. The number of rotatable bonds is 6. The summed E-state index contributed by atoms with van der Waals surface area (Å²) in [7, 11) is 0. The molecule has 0 fully saturated rings. The van der Waals surface area contributed by atoms with Gasteiger partial charge in [0.2, 0.25) is 5.88 Å². The van der Waals surface area contributed by atoms with Gasteiger partial charge in [0.25, 0.3) is 0 Å². The number of aryl methyl sites for hydroxylation is 1. The molecule has 0 saturated heterocycles. The number of benzene rings is 1. The summed E-state index contributed by atoms with van der Waals surface area (Å²) in [4.78, 5) is 14.1. The molecule has 0 aliphatic heterocycles. The van der Waals surface area contributed by atoms with Gasteiger partial charge in [-0.05, 0) is 61.2 Å². The summed E-state index contributed by atoms with van der Waals surface area (Å²) in [5, 5.41) is 9.57. The summed E-state index contributed by atoms with van der Waals surface area (Å²) in [5.74, 6) is 1.29. The minimum absolute atomic E-state index is 0.265. The van der Waals surface area contributed by atoms with Gasteiger partial charge in [0.05, 0.1) is 17.8 Å². The number of hydroxylamine groups is 1. The first kappa shape index (κ1) is 18.9. The molecule has 2 N–H and O–H groups in total. The third-order valence-electron chi connectivity index (χ3n) is 3.84. The number of hydrogen-bond donors (Lipinski definition) is 2. The van der Waals surface area contributed by atoms with Gasteiger partial charge in [-0.3, -0.25) is 20.7 Å². The van der Waals surface area contributed by atoms with E-state index in [9.17, 15) is 5.21 Å². The maximum Gasteiger partial charge on any atom is 0.230 e. The maximum absolute atomic E-state index is 9.57. The fourth-order valence-corrected chi connectivity index (χ4v) is 3.10. The van der Waals surface area contributed by atoms with Crippen molar-refractivity contribution in [2.24, 2.45) is 4.99 Å². The van der Waals surface area contributed by atoms with Crippen molar-refractivity contribution in [3.8, 4) is 11.6 Å². The zero-order valence-corrected chi connectivity index (χ0v) is 15.9. The summed E-state index contributed by atoms with van der Waals surface area (Å²) in [6.45, 7) is 2.35. The van der Waals surface area contributed by atoms with Gasteiger partial charge in [-0.15, -0.1) is 11.8 Å². The number of aromatic nitrogens is 2. The minimum atomic E-state index is 0.265. The van der Waals surface area contributed by atoms with E-state index in [1.165, 1.54) is 4.90 Å². The van der Waals surface area contributed by atoms with Gasteiger partial charge in [0.15, 0.2) is 5.84 Å². The van der Waals surface area contributed by atoms with Crippen LogP contribution in [0.2, 0.25) is 0 Å². The molecule has 27 heavy (non-hydrogen) atoms. The third-order valence-corrected chi connectivity index (χ3v) is 4.74. The number of nitrogens with one attached hydrogen (secondary N) is 1. The first-order chi connectivity index (χ1) is 13.2. The predicted octanol–water partition coefficient (Wildman–Crippen LogP) is 4.22. The molecule has 138 valence electrons. The monoisotopic (exact) mass is 380 g/mol. The van der Waals surface area contributed by atoms with E-state index in [2.05, 4.69) is 20.4 Å². The van der Waals surface area contributed by atoms with Crippen molar-refractivity contribution in [2.75, 3.05) is 6.26 Å². The van der Waals surface area contributed by atoms with Gasteiger partial charge >= 0.3 is 0 Å². The molecule has 2 heterocycles. The Morgan fingerprint density at radius 2 is 2.00 bits per heavy atom. The SMILES string of the molecule is CSc1ccc(Oc2ncccc2C(=NCc2ccccn2)NO)cc1C. The van der Waals surface area contributed by atoms with Crippen molar-refractivity contribution in [1.82, 2.24) is 15.4 Å². The molecular weight excluding hydrogens is 360 g/mol. The lowest BCUT2D eigenvalue weighted by Gasteiger charge is -2.12. The Morgan fingerprint density at radius 3 is 2.70 bits per heavy atom. The van der Waals surface area contributed by atoms with Crippen LogP contribution in [0.5, 0.6) is 11.6 Å². The molecule has 3 aromatic rings. The van der Waals surface area contributed by atoms with E-state index in [-0.39, 0.29) is 5.84 Å². The highest BCUT2D eigenvalue weighted by Gasteiger charge is 2.13. The van der Waals surface area contributed by atoms with Gasteiger partial charge in [0, 0.05) is 17.3 Å². The molecule has 0 unspecified atom stereocenters. The lowest BCUT2D eigenvalue weighted by molar-refractivity contribution is 0.234. The molecule has 2 aromatic heterocycles. The highest BCUT2D eigenvalue weighted by atomic mass is 32.2. The summed E-state index contributed by atoms with van der Waals surface area (Å²) in [6.07, 6.45) is 5.38. The normalized spacial score (nSPS) is 11.3. The van der Waals surface area contributed by atoms with Crippen LogP contribution in [0.4, 0.5) is 0 Å². The molecule has 0 saturated carbocycles. The molecule has 0 spiro atoms. The van der Waals surface area contributed by atoms with Crippen LogP contribution < -0.4 is 10.2 Å². The Kier molecular flexibility index (Phi) is 6.40. The summed E-state index contributed by atoms with van der Waals surface area (Å²) in [6, 6.07) is 15.0. The molecule has 6 nitrogen and oxygen atoms in total. The number of hydrogen-bond acceptors (Lipinski definition) is 6. The molecular formula is C20H20N4O2S. The van der Waals surface area contributed by atoms with Crippen LogP contribution in [-0.4, -0.2) is 27.3 Å². The van der Waals surface area contributed by atoms with E-state index in [0.717, 1.165) is 11.3 Å². The Balaban J connectivity index is 1.87. The van der Waals surface area contributed by atoms with E-state index in [4.69, 9.17) is 4.74 Å². The lowest BCUT2D eigenvalue weighted by atomic mass is 10.2. The highest BCUT2D eigenvalue weighted by molar-refractivity contribution is 7.98. The smallest absolute Gasteiger partial charge is 0.230 e. The van der Waals surface area contributed by atoms with Crippen LogP contribution in [0, 0.1) is 6.92 Å². The van der Waals surface area contributed by atoms with Crippen LogP contribution in [-0.2, 0) is 6.54 Å². The second kappa shape index (κ2) is 9.16. The number of ether oxygens (including phenoxy) is 1. The number of nitrogens with zero attached hydrogens (tertiary/aromatic N) is 3. The first-order valence-electron chi connectivity index (χ1n) is 8.33. The summed E-state index contributed by atoms with van der Waals surface area (Å²) < 4.78 is 5.96. The Hall–Kier alpha value is -2.90. The lowest BCUT2D eigenvalue weighted by Crippen LogP contribution is -2.21. The number of thioether (sulfide) groups is 1. The van der Waals surface area contributed by atoms with Crippen molar-refractivity contribution < 1.29 is 9.94 Å². The number of pyridine rings is 2. The van der Waals surface area contributed by atoms with Gasteiger partial charge in [-0.1, -0.05) is 6.07 Å². The molecule has 0 atom stereocenters. The maximum atomic E-state index is 9.57. The molecule has 0 aliphatic rings. The molecule has 1 aromatic carbocycles. The molecule has 0 bridgehead atoms. The van der Waals surface area contributed by atoms with Gasteiger partial charge in [0.1, 0.15) is 5.75 Å². The van der Waals surface area contributed by atoms with Crippen LogP contribution >= 0.6 is 11.8 Å². The minimum Gasteiger partial charge on any atom is -0.438 e. The largest absolute Gasteiger partial charge is 0.438 e. The van der Waals surface area contributed by atoms with E-state index in [1.807, 2.05) is 49.6 Å². The van der Waals surface area contributed by atoms with Gasteiger partial charge < -0.3 is 4.74 Å². The van der Waals surface area contributed by atoms with Crippen molar-refractivity contribution in [2.45, 2.75) is 18.4 Å². The average Bonchev–Trinajstić information content (AvgIpc) is 2.70. The first-order valence-corrected chi connectivity index (χ1v) is 9.56. The van der Waals surface area contributed by atoms with Crippen molar-refractivity contribution in [1.29, 1.82) is 0 Å².